The second-order valence-corrected chi connectivity index (χ2v) is 4.97. The van der Waals surface area contributed by atoms with Gasteiger partial charge in [-0.1, -0.05) is 24.3 Å². The van der Waals surface area contributed by atoms with Crippen molar-refractivity contribution in [3.63, 3.8) is 0 Å². The Bertz CT molecular complexity index is 576. The number of carbonyl (C=O) groups excluding carboxylic acids is 1. The molecule has 0 saturated heterocycles. The minimum atomic E-state index is 0.0559. The molecule has 0 heterocycles. The third kappa shape index (κ3) is 2.66. The summed E-state index contributed by atoms with van der Waals surface area (Å²) in [7, 11) is 0. The maximum Gasteiger partial charge on any atom is 0.159 e. The molecule has 86 valence electrons. The van der Waals surface area contributed by atoms with Crippen LogP contribution < -0.4 is 0 Å². The van der Waals surface area contributed by atoms with Crippen LogP contribution in [0.5, 0.6) is 5.75 Å². The van der Waals surface area contributed by atoms with E-state index in [1.807, 2.05) is 30.3 Å². The summed E-state index contributed by atoms with van der Waals surface area (Å²) in [5.41, 5.74) is 2.68. The second kappa shape index (κ2) is 4.87. The lowest BCUT2D eigenvalue weighted by atomic mass is 10.0. The number of phenols is 1. The zero-order valence-corrected chi connectivity index (χ0v) is 11.4. The SMILES string of the molecule is CC(=O)c1cccc(-c2ccc(O)c(I)c2)c1. The number of hydrogen-bond donors (Lipinski definition) is 1. The van der Waals surface area contributed by atoms with E-state index in [4.69, 9.17) is 0 Å². The Morgan fingerprint density at radius 1 is 1.12 bits per heavy atom. The first-order valence-corrected chi connectivity index (χ1v) is 6.25. The van der Waals surface area contributed by atoms with Crippen LogP contribution in [0.3, 0.4) is 0 Å². The van der Waals surface area contributed by atoms with Crippen molar-refractivity contribution in [3.8, 4) is 16.9 Å². The van der Waals surface area contributed by atoms with Gasteiger partial charge in [0.2, 0.25) is 0 Å². The number of carbonyl (C=O) groups is 1. The zero-order valence-electron chi connectivity index (χ0n) is 9.27. The molecule has 0 aliphatic rings. The number of aromatic hydroxyl groups is 1. The van der Waals surface area contributed by atoms with Crippen molar-refractivity contribution in [1.29, 1.82) is 0 Å². The van der Waals surface area contributed by atoms with Gasteiger partial charge in [0.25, 0.3) is 0 Å². The van der Waals surface area contributed by atoms with Crippen molar-refractivity contribution < 1.29 is 9.90 Å². The highest BCUT2D eigenvalue weighted by atomic mass is 127. The molecule has 0 spiro atoms. The average Bonchev–Trinajstić information content (AvgIpc) is 2.33. The molecule has 1 N–H and O–H groups in total. The summed E-state index contributed by atoms with van der Waals surface area (Å²) in [5.74, 6) is 0.331. The molecule has 3 heteroatoms. The molecule has 2 aromatic carbocycles. The highest BCUT2D eigenvalue weighted by Gasteiger charge is 2.04. The van der Waals surface area contributed by atoms with E-state index in [9.17, 15) is 9.90 Å². The van der Waals surface area contributed by atoms with Crippen LogP contribution in [0.15, 0.2) is 42.5 Å². The van der Waals surface area contributed by atoms with E-state index in [1.165, 1.54) is 0 Å². The Balaban J connectivity index is 2.49. The summed E-state index contributed by atoms with van der Waals surface area (Å²) in [4.78, 5) is 11.3. The van der Waals surface area contributed by atoms with Gasteiger partial charge in [-0.3, -0.25) is 4.79 Å². The third-order valence-corrected chi connectivity index (χ3v) is 3.41. The van der Waals surface area contributed by atoms with Crippen molar-refractivity contribution >= 4 is 28.4 Å². The maximum atomic E-state index is 11.3. The first kappa shape index (κ1) is 12.1. The Morgan fingerprint density at radius 2 is 1.82 bits per heavy atom. The molecule has 0 saturated carbocycles. The summed E-state index contributed by atoms with van der Waals surface area (Å²) in [6.45, 7) is 1.56. The van der Waals surface area contributed by atoms with E-state index in [2.05, 4.69) is 22.6 Å². The van der Waals surface area contributed by atoms with Crippen molar-refractivity contribution in [2.24, 2.45) is 0 Å². The molecule has 0 aliphatic heterocycles. The molecule has 0 fully saturated rings. The summed E-state index contributed by atoms with van der Waals surface area (Å²) >= 11 is 2.08. The molecule has 2 rings (SSSR count). The van der Waals surface area contributed by atoms with Crippen molar-refractivity contribution in [2.45, 2.75) is 6.92 Å². The van der Waals surface area contributed by atoms with Gasteiger partial charge < -0.3 is 5.11 Å². The highest BCUT2D eigenvalue weighted by Crippen LogP contribution is 2.27. The monoisotopic (exact) mass is 338 g/mol. The largest absolute Gasteiger partial charge is 0.507 e. The molecule has 0 aliphatic carbocycles. The van der Waals surface area contributed by atoms with Gasteiger partial charge in [-0.25, -0.2) is 0 Å². The summed E-state index contributed by atoms with van der Waals surface area (Å²) < 4.78 is 0.799. The van der Waals surface area contributed by atoms with E-state index in [1.54, 1.807) is 19.1 Å². The number of halogens is 1. The van der Waals surface area contributed by atoms with Gasteiger partial charge in [0.05, 0.1) is 3.57 Å². The molecule has 0 amide bonds. The molecule has 2 aromatic rings. The lowest BCUT2D eigenvalue weighted by molar-refractivity contribution is 0.101. The van der Waals surface area contributed by atoms with Crippen molar-refractivity contribution in [2.75, 3.05) is 0 Å². The van der Waals surface area contributed by atoms with E-state index in [0.29, 0.717) is 5.56 Å². The first-order chi connectivity index (χ1) is 8.08. The smallest absolute Gasteiger partial charge is 0.159 e. The molecule has 0 radical (unpaired) electrons. The fourth-order valence-electron chi connectivity index (χ4n) is 1.60. The number of Topliss-reactive ketones (excluding diaryl/α,β-unsaturated/α-hetero) is 1. The van der Waals surface area contributed by atoms with E-state index < -0.39 is 0 Å². The Hall–Kier alpha value is -1.36. The fraction of sp³-hybridized carbons (Fsp3) is 0.0714. The lowest BCUT2D eigenvalue weighted by Crippen LogP contribution is -1.91. The van der Waals surface area contributed by atoms with Crippen LogP contribution in [0.4, 0.5) is 0 Å². The van der Waals surface area contributed by atoms with Gasteiger partial charge in [0.15, 0.2) is 5.78 Å². The van der Waals surface area contributed by atoms with E-state index in [-0.39, 0.29) is 11.5 Å². The fourth-order valence-corrected chi connectivity index (χ4v) is 2.12. The van der Waals surface area contributed by atoms with Crippen LogP contribution in [0, 0.1) is 3.57 Å². The van der Waals surface area contributed by atoms with E-state index in [0.717, 1.165) is 14.7 Å². The van der Waals surface area contributed by atoms with E-state index >= 15 is 0 Å². The highest BCUT2D eigenvalue weighted by molar-refractivity contribution is 14.1. The Labute approximate surface area is 113 Å². The molecular weight excluding hydrogens is 327 g/mol. The van der Waals surface area contributed by atoms with Crippen molar-refractivity contribution in [3.05, 3.63) is 51.6 Å². The summed E-state index contributed by atoms with van der Waals surface area (Å²) in [6.07, 6.45) is 0. The predicted molar refractivity (Wildman–Crippen MR) is 76.3 cm³/mol. The van der Waals surface area contributed by atoms with Gasteiger partial charge in [0, 0.05) is 5.56 Å². The lowest BCUT2D eigenvalue weighted by Gasteiger charge is -2.05. The minimum Gasteiger partial charge on any atom is -0.507 e. The standard InChI is InChI=1S/C14H11IO2/c1-9(16)10-3-2-4-11(7-10)12-5-6-14(17)13(15)8-12/h2-8,17H,1H3. The number of ketones is 1. The van der Waals surface area contributed by atoms with Crippen LogP contribution in [0.25, 0.3) is 11.1 Å². The second-order valence-electron chi connectivity index (χ2n) is 3.80. The first-order valence-electron chi connectivity index (χ1n) is 5.18. The number of phenolic OH excluding ortho intramolecular Hbond substituents is 1. The molecule has 0 unspecified atom stereocenters. The zero-order chi connectivity index (χ0) is 12.4. The molecule has 2 nitrogen and oxygen atoms in total. The topological polar surface area (TPSA) is 37.3 Å². The minimum absolute atomic E-state index is 0.0559. The van der Waals surface area contributed by atoms with Crippen LogP contribution >= 0.6 is 22.6 Å². The Morgan fingerprint density at radius 3 is 2.47 bits per heavy atom. The summed E-state index contributed by atoms with van der Waals surface area (Å²) in [5, 5.41) is 9.47. The van der Waals surface area contributed by atoms with Crippen LogP contribution in [0.2, 0.25) is 0 Å². The molecule has 0 aromatic heterocycles. The summed E-state index contributed by atoms with van der Waals surface area (Å²) in [6, 6.07) is 12.9. The maximum absolute atomic E-state index is 11.3. The molecule has 0 bridgehead atoms. The van der Waals surface area contributed by atoms with Crippen molar-refractivity contribution in [1.82, 2.24) is 0 Å². The third-order valence-electron chi connectivity index (χ3n) is 2.55. The Kier molecular flexibility index (Phi) is 3.47. The van der Waals surface area contributed by atoms with Crippen LogP contribution in [-0.2, 0) is 0 Å². The van der Waals surface area contributed by atoms with Crippen LogP contribution in [-0.4, -0.2) is 10.9 Å². The van der Waals surface area contributed by atoms with Gasteiger partial charge in [-0.15, -0.1) is 0 Å². The average molecular weight is 338 g/mol. The molecule has 17 heavy (non-hydrogen) atoms. The quantitative estimate of drug-likeness (QED) is 0.667. The van der Waals surface area contributed by atoms with Crippen LogP contribution in [0.1, 0.15) is 17.3 Å². The van der Waals surface area contributed by atoms with Gasteiger partial charge in [0.1, 0.15) is 5.75 Å². The molecular formula is C14H11IO2. The normalized spacial score (nSPS) is 10.2. The van der Waals surface area contributed by atoms with Gasteiger partial charge in [-0.2, -0.15) is 0 Å². The van der Waals surface area contributed by atoms with Gasteiger partial charge in [-0.05, 0) is 58.8 Å². The predicted octanol–water partition coefficient (Wildman–Crippen LogP) is 3.87. The van der Waals surface area contributed by atoms with Gasteiger partial charge >= 0.3 is 0 Å². The molecule has 0 atom stereocenters. The number of benzene rings is 2. The number of rotatable bonds is 2. The number of hydrogen-bond acceptors (Lipinski definition) is 2.